The van der Waals surface area contributed by atoms with Crippen LogP contribution in [0, 0.1) is 17.5 Å². The smallest absolute Gasteiger partial charge is 0.340 e. The number of benzene rings is 1. The zero-order valence-electron chi connectivity index (χ0n) is 21.7. The van der Waals surface area contributed by atoms with Crippen LogP contribution in [0.5, 0.6) is 5.88 Å². The van der Waals surface area contributed by atoms with E-state index in [0.717, 1.165) is 41.2 Å². The molecule has 186 valence electrons. The van der Waals surface area contributed by atoms with Gasteiger partial charge in [0.2, 0.25) is 5.88 Å². The molecule has 0 N–H and O–H groups in total. The molecule has 1 fully saturated rings. The van der Waals surface area contributed by atoms with E-state index in [9.17, 15) is 22.8 Å². The lowest BCUT2D eigenvalue weighted by molar-refractivity contribution is 0.121. The van der Waals surface area contributed by atoms with Crippen LogP contribution in [-0.4, -0.2) is 52.4 Å². The lowest BCUT2D eigenvalue weighted by Crippen LogP contribution is -2.39. The Morgan fingerprint density at radius 2 is 1.89 bits per heavy atom. The van der Waals surface area contributed by atoms with Crippen LogP contribution in [0.1, 0.15) is 10.5 Å². The lowest BCUT2D eigenvalue weighted by atomic mass is 10.2. The lowest BCUT2D eigenvalue weighted by Gasteiger charge is -2.21. The van der Waals surface area contributed by atoms with Gasteiger partial charge in [0.15, 0.2) is 11.6 Å². The molecular weight excluding hydrogens is 479 g/mol. The van der Waals surface area contributed by atoms with Gasteiger partial charge >= 0.3 is 5.69 Å². The largest absolute Gasteiger partial charge is 0.480 e. The van der Waals surface area contributed by atoms with Crippen molar-refractivity contribution in [1.29, 1.82) is 0 Å². The van der Waals surface area contributed by atoms with Crippen molar-refractivity contribution in [1.82, 2.24) is 19.1 Å². The zero-order chi connectivity index (χ0) is 28.1. The summed E-state index contributed by atoms with van der Waals surface area (Å²) in [7, 11) is -1.35. The summed E-state index contributed by atoms with van der Waals surface area (Å²) in [5.41, 5.74) is -2.33. The summed E-state index contributed by atoms with van der Waals surface area (Å²) in [4.78, 5) is 37.2. The Balaban J connectivity index is 1.79. The van der Waals surface area contributed by atoms with Crippen LogP contribution >= 0.6 is 0 Å². The van der Waals surface area contributed by atoms with Crippen molar-refractivity contribution in [3.8, 4) is 17.3 Å². The van der Waals surface area contributed by atoms with Crippen molar-refractivity contribution in [2.75, 3.05) is 32.1 Å². The second-order valence-electron chi connectivity index (χ2n) is 8.08. The first-order valence-corrected chi connectivity index (χ1v) is 10.7. The minimum Gasteiger partial charge on any atom is -0.480 e. The number of aromatic nitrogens is 4. The average Bonchev–Trinajstić information content (AvgIpc) is 3.32. The van der Waals surface area contributed by atoms with Gasteiger partial charge in [0.05, 0.1) is 46.6 Å². The van der Waals surface area contributed by atoms with Gasteiger partial charge in [-0.25, -0.2) is 22.5 Å². The molecule has 1 aromatic carbocycles. The molecule has 1 atom stereocenters. The molecule has 9 nitrogen and oxygen atoms in total. The van der Waals surface area contributed by atoms with Crippen molar-refractivity contribution in [2.45, 2.75) is 12.5 Å². The second-order valence-corrected chi connectivity index (χ2v) is 8.08. The molecule has 0 aliphatic carbocycles. The molecule has 1 saturated heterocycles. The Hall–Kier alpha value is -4.19. The molecular formula is C24H20F3N5O4. The Bertz CT molecular complexity index is 1710. The Morgan fingerprint density at radius 1 is 1.06 bits per heavy atom. The van der Waals surface area contributed by atoms with Crippen LogP contribution in [-0.2, 0) is 4.74 Å². The Kier molecular flexibility index (Phi) is 5.08. The number of halogens is 3. The van der Waals surface area contributed by atoms with E-state index in [4.69, 9.17) is 13.6 Å². The molecule has 4 heterocycles. The van der Waals surface area contributed by atoms with Crippen molar-refractivity contribution >= 4 is 16.7 Å². The van der Waals surface area contributed by atoms with E-state index in [-0.39, 0.29) is 40.5 Å². The highest BCUT2D eigenvalue weighted by molar-refractivity contribution is 5.87. The number of hydrogen-bond donors (Lipinski definition) is 0. The molecule has 4 aromatic rings. The fourth-order valence-electron chi connectivity index (χ4n) is 4.24. The molecule has 0 spiro atoms. The number of hydrogen-bond acceptors (Lipinski definition) is 7. The van der Waals surface area contributed by atoms with Crippen LogP contribution in [0.2, 0.25) is 0 Å². The third-order valence-electron chi connectivity index (χ3n) is 5.93. The van der Waals surface area contributed by atoms with Gasteiger partial charge in [0.25, 0.3) is 5.56 Å². The highest BCUT2D eigenvalue weighted by Gasteiger charge is 2.27. The molecule has 0 unspecified atom stereocenters. The summed E-state index contributed by atoms with van der Waals surface area (Å²) in [5, 5.41) is -0.204. The van der Waals surface area contributed by atoms with Crippen LogP contribution in [0.4, 0.5) is 19.0 Å². The number of methoxy groups -OCH3 is 2. The van der Waals surface area contributed by atoms with Crippen LogP contribution in [0.3, 0.4) is 0 Å². The van der Waals surface area contributed by atoms with E-state index in [2.05, 4.69) is 9.97 Å². The number of ether oxygens (including phenoxy) is 2. The third kappa shape index (κ3) is 3.88. The maximum Gasteiger partial charge on any atom is 0.340 e. The first kappa shape index (κ1) is 20.0. The predicted octanol–water partition coefficient (Wildman–Crippen LogP) is 2.58. The number of anilines is 1. The standard InChI is InChI=1S/C24H20F3N5O4/c1-35-16-5-6-30(12-16)20-9-19-21(22(29-20)36-2)23(33)32(15-7-13(25)10-28-11-15)24(34)31(19)14-3-4-17(26)18(27)8-14/h3-4,7-11,16H,5-6,12H2,1-2H3/t16-/m1/s1/i1D3. The topological polar surface area (TPSA) is 91.5 Å². The van der Waals surface area contributed by atoms with E-state index < -0.39 is 41.8 Å². The second kappa shape index (κ2) is 9.11. The summed E-state index contributed by atoms with van der Waals surface area (Å²) in [6.45, 7) is 0.478. The number of nitrogens with zero attached hydrogens (tertiary/aromatic N) is 5. The van der Waals surface area contributed by atoms with E-state index in [0.29, 0.717) is 17.5 Å². The molecule has 36 heavy (non-hydrogen) atoms. The first-order chi connectivity index (χ1) is 18.5. The number of rotatable bonds is 5. The molecule has 0 bridgehead atoms. The van der Waals surface area contributed by atoms with E-state index in [1.807, 2.05) is 0 Å². The highest BCUT2D eigenvalue weighted by Crippen LogP contribution is 2.29. The summed E-state index contributed by atoms with van der Waals surface area (Å²) in [5.74, 6) is -3.21. The zero-order valence-corrected chi connectivity index (χ0v) is 18.7. The number of fused-ring (bicyclic) bond motifs is 1. The minimum atomic E-state index is -2.60. The van der Waals surface area contributed by atoms with Gasteiger partial charge in [-0.15, -0.1) is 0 Å². The molecule has 0 saturated carbocycles. The molecule has 0 radical (unpaired) electrons. The monoisotopic (exact) mass is 502 g/mol. The van der Waals surface area contributed by atoms with Gasteiger partial charge in [-0.05, 0) is 18.6 Å². The van der Waals surface area contributed by atoms with E-state index in [1.54, 1.807) is 4.90 Å². The first-order valence-electron chi connectivity index (χ1n) is 12.2. The van der Waals surface area contributed by atoms with Crippen molar-refractivity contribution < 1.29 is 26.8 Å². The quantitative estimate of drug-likeness (QED) is 0.414. The fourth-order valence-corrected chi connectivity index (χ4v) is 4.24. The van der Waals surface area contributed by atoms with E-state index in [1.165, 1.54) is 13.2 Å². The highest BCUT2D eigenvalue weighted by atomic mass is 19.2. The normalized spacial score (nSPS) is 17.2. The van der Waals surface area contributed by atoms with Gasteiger partial charge in [0, 0.05) is 38.3 Å². The summed E-state index contributed by atoms with van der Waals surface area (Å²) < 4.78 is 76.1. The average molecular weight is 502 g/mol. The summed E-state index contributed by atoms with van der Waals surface area (Å²) in [6.07, 6.45) is 1.71. The molecule has 0 amide bonds. The SMILES string of the molecule is [2H]C([2H])([2H])O[C@@H]1CCN(c2cc3c(c(OC)n2)c(=O)n(-c2cncc(F)c2)c(=O)n3-c2ccc(F)c(F)c2)C1. The summed E-state index contributed by atoms with van der Waals surface area (Å²) >= 11 is 0. The van der Waals surface area contributed by atoms with Crippen molar-refractivity contribution in [3.63, 3.8) is 0 Å². The molecule has 5 rings (SSSR count). The van der Waals surface area contributed by atoms with Crippen molar-refractivity contribution in [3.05, 3.63) is 81.0 Å². The molecule has 12 heteroatoms. The third-order valence-corrected chi connectivity index (χ3v) is 5.93. The van der Waals surface area contributed by atoms with Gasteiger partial charge in [-0.2, -0.15) is 4.98 Å². The minimum absolute atomic E-state index is 0.0568. The van der Waals surface area contributed by atoms with Gasteiger partial charge in [0.1, 0.15) is 17.0 Å². The van der Waals surface area contributed by atoms with Gasteiger partial charge in [-0.1, -0.05) is 0 Å². The Labute approximate surface area is 206 Å². The van der Waals surface area contributed by atoms with Crippen LogP contribution in [0.15, 0.2) is 52.3 Å². The fraction of sp³-hybridized carbons (Fsp3) is 0.250. The molecule has 3 aromatic heterocycles. The maximum absolute atomic E-state index is 14.3. The van der Waals surface area contributed by atoms with Crippen LogP contribution < -0.4 is 20.9 Å². The Morgan fingerprint density at radius 3 is 2.61 bits per heavy atom. The summed E-state index contributed by atoms with van der Waals surface area (Å²) in [6, 6.07) is 5.03. The van der Waals surface area contributed by atoms with E-state index >= 15 is 0 Å². The molecule has 1 aliphatic heterocycles. The predicted molar refractivity (Wildman–Crippen MR) is 125 cm³/mol. The van der Waals surface area contributed by atoms with Gasteiger partial charge < -0.3 is 14.4 Å². The molecule has 1 aliphatic rings. The number of pyridine rings is 2. The maximum atomic E-state index is 14.3. The van der Waals surface area contributed by atoms with Gasteiger partial charge in [-0.3, -0.25) is 14.3 Å². The van der Waals surface area contributed by atoms with Crippen molar-refractivity contribution in [2.24, 2.45) is 0 Å². The van der Waals surface area contributed by atoms with Crippen LogP contribution in [0.25, 0.3) is 22.3 Å².